The zero-order chi connectivity index (χ0) is 26.6. The Morgan fingerprint density at radius 1 is 1.18 bits per heavy atom. The molecular weight excluding hydrogens is 519 g/mol. The molecule has 0 spiro atoms. The number of hydrogen-bond acceptors (Lipinski definition) is 5. The lowest BCUT2D eigenvalue weighted by Crippen LogP contribution is -2.45. The fraction of sp³-hybridized carbons (Fsp3) is 0.241. The summed E-state index contributed by atoms with van der Waals surface area (Å²) in [6, 6.07) is 18.1. The zero-order valence-electron chi connectivity index (χ0n) is 21.3. The van der Waals surface area contributed by atoms with Crippen molar-refractivity contribution in [1.29, 1.82) is 0 Å². The predicted octanol–water partition coefficient (Wildman–Crippen LogP) is 6.13. The third-order valence-electron chi connectivity index (χ3n) is 6.83. The van der Waals surface area contributed by atoms with E-state index in [1.54, 1.807) is 13.3 Å². The van der Waals surface area contributed by atoms with Gasteiger partial charge in [-0.05, 0) is 54.3 Å². The quantitative estimate of drug-likeness (QED) is 0.141. The van der Waals surface area contributed by atoms with Crippen LogP contribution in [0.2, 0.25) is 5.02 Å². The highest BCUT2D eigenvalue weighted by Crippen LogP contribution is 2.41. The van der Waals surface area contributed by atoms with Crippen LogP contribution >= 0.6 is 23.2 Å². The molecule has 7 nitrogen and oxygen atoms in total. The summed E-state index contributed by atoms with van der Waals surface area (Å²) < 4.78 is 1.82. The normalized spacial score (nSPS) is 14.3. The molecule has 1 fully saturated rings. The standard InChI is InChI=1S/C29H31Cl2N6O/c1-33-22-9-5-19(6-10-22)26-15-35-29(36-26)24(13-18-3-4-18)27-12-7-20(17-37(27)38-2)23-14-21(30)8-11-25(23)34-16-28(31)32/h5-12,14-18,24,33-34H,3-4,13,32H2,1-2H3,(H,35,36)/q+1/b28-16-. The van der Waals surface area contributed by atoms with E-state index in [4.69, 9.17) is 38.8 Å². The summed E-state index contributed by atoms with van der Waals surface area (Å²) in [4.78, 5) is 14.3. The van der Waals surface area contributed by atoms with Gasteiger partial charge < -0.3 is 21.4 Å². The third kappa shape index (κ3) is 5.90. The molecule has 5 N–H and O–H groups in total. The summed E-state index contributed by atoms with van der Waals surface area (Å²) in [7, 11) is 3.59. The average Bonchev–Trinajstić information content (AvgIpc) is 3.63. The van der Waals surface area contributed by atoms with Gasteiger partial charge in [-0.25, -0.2) is 4.98 Å². The van der Waals surface area contributed by atoms with Gasteiger partial charge in [-0.1, -0.05) is 48.2 Å². The second-order valence-electron chi connectivity index (χ2n) is 9.46. The Morgan fingerprint density at radius 3 is 2.63 bits per heavy atom. The third-order valence-corrected chi connectivity index (χ3v) is 7.18. The van der Waals surface area contributed by atoms with Crippen LogP contribution in [-0.2, 0) is 0 Å². The van der Waals surface area contributed by atoms with Crippen molar-refractivity contribution in [3.05, 3.63) is 94.9 Å². The monoisotopic (exact) mass is 549 g/mol. The number of imidazole rings is 1. The minimum absolute atomic E-state index is 0.0535. The molecule has 0 amide bonds. The Balaban J connectivity index is 1.51. The van der Waals surface area contributed by atoms with Crippen molar-refractivity contribution in [3.63, 3.8) is 0 Å². The molecule has 4 aromatic rings. The van der Waals surface area contributed by atoms with E-state index in [0.717, 1.165) is 51.7 Å². The Kier molecular flexibility index (Phi) is 7.77. The molecule has 0 aliphatic heterocycles. The number of nitrogens with one attached hydrogen (secondary N) is 3. The van der Waals surface area contributed by atoms with E-state index in [0.29, 0.717) is 10.9 Å². The van der Waals surface area contributed by atoms with Gasteiger partial charge in [-0.2, -0.15) is 0 Å². The lowest BCUT2D eigenvalue weighted by atomic mass is 9.95. The van der Waals surface area contributed by atoms with Gasteiger partial charge in [-0.15, -0.1) is 0 Å². The lowest BCUT2D eigenvalue weighted by Gasteiger charge is -2.14. The molecule has 196 valence electrons. The highest BCUT2D eigenvalue weighted by atomic mass is 35.5. The van der Waals surface area contributed by atoms with Crippen molar-refractivity contribution in [3.8, 4) is 22.4 Å². The number of pyridine rings is 1. The minimum Gasteiger partial charge on any atom is -0.388 e. The van der Waals surface area contributed by atoms with Crippen LogP contribution in [0.5, 0.6) is 0 Å². The van der Waals surface area contributed by atoms with E-state index in [2.05, 4.69) is 52.0 Å². The number of rotatable bonds is 10. The molecule has 38 heavy (non-hydrogen) atoms. The number of halogens is 2. The SMILES string of the molecule is CNc1ccc(-c2cnc(C(CC3CC3)c3ccc(-c4cc(Cl)ccc4N/C=C(\N)Cl)c[n+]3OC)[nH]2)cc1. The summed E-state index contributed by atoms with van der Waals surface area (Å²) in [6.45, 7) is 0. The van der Waals surface area contributed by atoms with Gasteiger partial charge in [0, 0.05) is 46.0 Å². The van der Waals surface area contributed by atoms with Gasteiger partial charge in [0.05, 0.1) is 17.5 Å². The number of hydrogen-bond donors (Lipinski definition) is 4. The molecule has 5 rings (SSSR count). The number of nitrogens with two attached hydrogens (primary N) is 1. The Labute approximate surface area is 232 Å². The molecule has 1 atom stereocenters. The maximum Gasteiger partial charge on any atom is 0.244 e. The molecule has 2 aromatic carbocycles. The van der Waals surface area contributed by atoms with Crippen LogP contribution in [0.1, 0.15) is 36.7 Å². The van der Waals surface area contributed by atoms with E-state index in [-0.39, 0.29) is 11.1 Å². The molecule has 0 bridgehead atoms. The van der Waals surface area contributed by atoms with E-state index >= 15 is 0 Å². The van der Waals surface area contributed by atoms with Crippen LogP contribution in [-0.4, -0.2) is 24.1 Å². The molecule has 9 heteroatoms. The first-order valence-corrected chi connectivity index (χ1v) is 13.3. The molecule has 2 heterocycles. The molecule has 1 unspecified atom stereocenters. The fourth-order valence-electron chi connectivity index (χ4n) is 4.64. The van der Waals surface area contributed by atoms with Gasteiger partial charge in [0.2, 0.25) is 11.9 Å². The number of aromatic nitrogens is 3. The molecular formula is C29H31Cl2N6O+. The van der Waals surface area contributed by atoms with Gasteiger partial charge in [0.25, 0.3) is 0 Å². The van der Waals surface area contributed by atoms with E-state index in [9.17, 15) is 0 Å². The molecule has 0 radical (unpaired) electrons. The highest BCUT2D eigenvalue weighted by Gasteiger charge is 2.35. The first-order valence-electron chi connectivity index (χ1n) is 12.6. The Morgan fingerprint density at radius 2 is 1.95 bits per heavy atom. The average molecular weight is 551 g/mol. The molecule has 1 saturated carbocycles. The Hall–Kier alpha value is -3.68. The highest BCUT2D eigenvalue weighted by molar-refractivity contribution is 6.31. The number of nitrogens with zero attached hydrogens (tertiary/aromatic N) is 2. The van der Waals surface area contributed by atoms with E-state index in [1.165, 1.54) is 12.8 Å². The van der Waals surface area contributed by atoms with Crippen LogP contribution in [0.15, 0.2) is 78.3 Å². The number of H-pyrrole nitrogens is 1. The molecule has 2 aromatic heterocycles. The topological polar surface area (TPSA) is 91.9 Å². The minimum atomic E-state index is 0.0535. The number of benzene rings is 2. The Bertz CT molecular complexity index is 1440. The van der Waals surface area contributed by atoms with Crippen molar-refractivity contribution in [2.45, 2.75) is 25.2 Å². The van der Waals surface area contributed by atoms with Crippen LogP contribution < -0.4 is 25.9 Å². The van der Waals surface area contributed by atoms with Gasteiger partial charge in [-0.3, -0.25) is 4.84 Å². The van der Waals surface area contributed by atoms with Gasteiger partial charge in [0.1, 0.15) is 24.0 Å². The lowest BCUT2D eigenvalue weighted by molar-refractivity contribution is -0.890. The second kappa shape index (κ2) is 11.4. The van der Waals surface area contributed by atoms with E-state index in [1.807, 2.05) is 42.4 Å². The number of anilines is 2. The largest absolute Gasteiger partial charge is 0.388 e. The van der Waals surface area contributed by atoms with Crippen molar-refractivity contribution < 1.29 is 9.57 Å². The van der Waals surface area contributed by atoms with Crippen molar-refractivity contribution in [2.75, 3.05) is 24.8 Å². The number of aromatic amines is 1. The van der Waals surface area contributed by atoms with Crippen LogP contribution in [0.4, 0.5) is 11.4 Å². The predicted molar refractivity (Wildman–Crippen MR) is 154 cm³/mol. The summed E-state index contributed by atoms with van der Waals surface area (Å²) in [5, 5.41) is 7.09. The van der Waals surface area contributed by atoms with Crippen LogP contribution in [0.3, 0.4) is 0 Å². The first-order chi connectivity index (χ1) is 18.4. The maximum absolute atomic E-state index is 6.35. The second-order valence-corrected chi connectivity index (χ2v) is 10.3. The van der Waals surface area contributed by atoms with Crippen LogP contribution in [0, 0.1) is 5.92 Å². The molecule has 0 saturated heterocycles. The smallest absolute Gasteiger partial charge is 0.244 e. The molecule has 1 aliphatic carbocycles. The first kappa shape index (κ1) is 25.9. The van der Waals surface area contributed by atoms with Crippen molar-refractivity contribution in [2.24, 2.45) is 11.7 Å². The van der Waals surface area contributed by atoms with Crippen LogP contribution in [0.25, 0.3) is 22.4 Å². The summed E-state index contributed by atoms with van der Waals surface area (Å²) in [5.74, 6) is 1.67. The summed E-state index contributed by atoms with van der Waals surface area (Å²) >= 11 is 12.2. The van der Waals surface area contributed by atoms with E-state index < -0.39 is 0 Å². The summed E-state index contributed by atoms with van der Waals surface area (Å²) in [6.07, 6.45) is 8.91. The maximum atomic E-state index is 6.35. The molecule has 1 aliphatic rings. The summed E-state index contributed by atoms with van der Waals surface area (Å²) in [5.41, 5.74) is 12.4. The van der Waals surface area contributed by atoms with Crippen molar-refractivity contribution in [1.82, 2.24) is 9.97 Å². The van der Waals surface area contributed by atoms with Crippen molar-refractivity contribution >= 4 is 34.6 Å². The zero-order valence-corrected chi connectivity index (χ0v) is 22.9. The fourth-order valence-corrected chi connectivity index (χ4v) is 4.87. The van der Waals surface area contributed by atoms with Gasteiger partial charge in [0.15, 0.2) is 0 Å². The van der Waals surface area contributed by atoms with Gasteiger partial charge >= 0.3 is 0 Å².